The number of aryl methyl sites for hydroxylation is 1. The number of benzene rings is 2. The van der Waals surface area contributed by atoms with E-state index < -0.39 is 10.8 Å². The van der Waals surface area contributed by atoms with Crippen LogP contribution in [-0.2, 0) is 6.61 Å². The molecule has 2 aromatic carbocycles. The van der Waals surface area contributed by atoms with Crippen LogP contribution in [0.4, 0.5) is 5.69 Å². The van der Waals surface area contributed by atoms with E-state index in [1.807, 2.05) is 49.3 Å². The Kier molecular flexibility index (Phi) is 9.41. The fourth-order valence-electron chi connectivity index (χ4n) is 2.64. The second-order valence-electron chi connectivity index (χ2n) is 6.55. The van der Waals surface area contributed by atoms with E-state index in [-0.39, 0.29) is 36.0 Å². The average Bonchev–Trinajstić information content (AvgIpc) is 2.64. The van der Waals surface area contributed by atoms with Crippen LogP contribution in [0.1, 0.15) is 27.9 Å². The van der Waals surface area contributed by atoms with Crippen molar-refractivity contribution in [3.8, 4) is 5.75 Å². The number of nitrogens with zero attached hydrogens (tertiary/aromatic N) is 2. The SMILES string of the molecule is Cc1ccc(C(=O)NCCCN(C)C)c([N+](=O)[O-])c1OCc1ccccc1.Cl. The molecule has 0 atom stereocenters. The number of nitro groups is 1. The number of hydrogen-bond acceptors (Lipinski definition) is 5. The van der Waals surface area contributed by atoms with Crippen molar-refractivity contribution < 1.29 is 14.5 Å². The van der Waals surface area contributed by atoms with E-state index in [9.17, 15) is 14.9 Å². The monoisotopic (exact) mass is 407 g/mol. The molecule has 8 heteroatoms. The van der Waals surface area contributed by atoms with E-state index in [0.717, 1.165) is 18.5 Å². The zero-order valence-electron chi connectivity index (χ0n) is 16.3. The van der Waals surface area contributed by atoms with Crippen LogP contribution in [0.3, 0.4) is 0 Å². The largest absolute Gasteiger partial charge is 0.482 e. The summed E-state index contributed by atoms with van der Waals surface area (Å²) in [5.41, 5.74) is 1.22. The first-order chi connectivity index (χ1) is 12.9. The Morgan fingerprint density at radius 1 is 1.18 bits per heavy atom. The number of halogens is 1. The first-order valence-corrected chi connectivity index (χ1v) is 8.77. The number of nitro benzene ring substituents is 1. The van der Waals surface area contributed by atoms with Gasteiger partial charge in [-0.1, -0.05) is 36.4 Å². The number of hydrogen-bond donors (Lipinski definition) is 1. The van der Waals surface area contributed by atoms with Crippen molar-refractivity contribution in [3.05, 3.63) is 69.3 Å². The lowest BCUT2D eigenvalue weighted by Gasteiger charge is -2.13. The lowest BCUT2D eigenvalue weighted by Crippen LogP contribution is -2.27. The minimum Gasteiger partial charge on any atom is -0.482 e. The molecule has 2 aromatic rings. The van der Waals surface area contributed by atoms with Gasteiger partial charge in [0.05, 0.1) is 4.92 Å². The third kappa shape index (κ3) is 6.51. The third-order valence-electron chi connectivity index (χ3n) is 4.05. The predicted octanol–water partition coefficient (Wildman–Crippen LogP) is 3.59. The quantitative estimate of drug-likeness (QED) is 0.390. The van der Waals surface area contributed by atoms with Crippen molar-refractivity contribution in [2.75, 3.05) is 27.2 Å². The Bertz CT molecular complexity index is 798. The summed E-state index contributed by atoms with van der Waals surface area (Å²) in [6.07, 6.45) is 0.760. The zero-order valence-corrected chi connectivity index (χ0v) is 17.1. The van der Waals surface area contributed by atoms with Gasteiger partial charge >= 0.3 is 5.69 Å². The van der Waals surface area contributed by atoms with Gasteiger partial charge in [-0.25, -0.2) is 0 Å². The highest BCUT2D eigenvalue weighted by molar-refractivity contribution is 5.99. The van der Waals surface area contributed by atoms with E-state index in [2.05, 4.69) is 5.32 Å². The van der Waals surface area contributed by atoms with E-state index in [1.54, 1.807) is 13.0 Å². The molecular weight excluding hydrogens is 382 g/mol. The molecule has 0 unspecified atom stereocenters. The van der Waals surface area contributed by atoms with Crippen molar-refractivity contribution in [3.63, 3.8) is 0 Å². The topological polar surface area (TPSA) is 84.7 Å². The van der Waals surface area contributed by atoms with Crippen LogP contribution in [0.2, 0.25) is 0 Å². The van der Waals surface area contributed by atoms with Crippen LogP contribution in [0, 0.1) is 17.0 Å². The van der Waals surface area contributed by atoms with Gasteiger partial charge in [-0.2, -0.15) is 0 Å². The molecule has 0 aliphatic rings. The second kappa shape index (κ2) is 11.3. The highest BCUT2D eigenvalue weighted by Gasteiger charge is 2.27. The smallest absolute Gasteiger partial charge is 0.323 e. The van der Waals surface area contributed by atoms with E-state index in [1.165, 1.54) is 6.07 Å². The predicted molar refractivity (Wildman–Crippen MR) is 111 cm³/mol. The molecule has 1 N–H and O–H groups in total. The van der Waals surface area contributed by atoms with E-state index in [0.29, 0.717) is 12.1 Å². The summed E-state index contributed by atoms with van der Waals surface area (Å²) < 4.78 is 5.73. The Hall–Kier alpha value is -2.64. The Morgan fingerprint density at radius 2 is 1.86 bits per heavy atom. The maximum atomic E-state index is 12.5. The van der Waals surface area contributed by atoms with Gasteiger partial charge in [-0.3, -0.25) is 14.9 Å². The van der Waals surface area contributed by atoms with Gasteiger partial charge in [0.15, 0.2) is 0 Å². The fourth-order valence-corrected chi connectivity index (χ4v) is 2.64. The summed E-state index contributed by atoms with van der Waals surface area (Å²) in [5, 5.41) is 14.4. The van der Waals surface area contributed by atoms with Gasteiger partial charge in [0.2, 0.25) is 5.75 Å². The second-order valence-corrected chi connectivity index (χ2v) is 6.55. The van der Waals surface area contributed by atoms with Crippen molar-refractivity contribution in [1.82, 2.24) is 10.2 Å². The van der Waals surface area contributed by atoms with Crippen LogP contribution in [-0.4, -0.2) is 42.9 Å². The van der Waals surface area contributed by atoms with Gasteiger partial charge < -0.3 is 15.0 Å². The zero-order chi connectivity index (χ0) is 19.8. The molecular formula is C20H26ClN3O4. The summed E-state index contributed by atoms with van der Waals surface area (Å²) in [6.45, 7) is 3.19. The van der Waals surface area contributed by atoms with Gasteiger partial charge in [0, 0.05) is 6.54 Å². The van der Waals surface area contributed by atoms with Gasteiger partial charge in [0.1, 0.15) is 12.2 Å². The standard InChI is InChI=1S/C20H25N3O4.ClH/c1-15-10-11-17(20(24)21-12-7-13-22(2)3)18(23(25)26)19(15)27-14-16-8-5-4-6-9-16;/h4-6,8-11H,7,12-14H2,1-3H3,(H,21,24);1H. The minimum atomic E-state index is -0.554. The summed E-state index contributed by atoms with van der Waals surface area (Å²) in [6, 6.07) is 12.5. The maximum Gasteiger partial charge on any atom is 0.323 e. The van der Waals surface area contributed by atoms with Gasteiger partial charge in [0.25, 0.3) is 5.91 Å². The highest BCUT2D eigenvalue weighted by Crippen LogP contribution is 2.35. The third-order valence-corrected chi connectivity index (χ3v) is 4.05. The average molecular weight is 408 g/mol. The van der Waals surface area contributed by atoms with Gasteiger partial charge in [-0.05, 0) is 51.2 Å². The first-order valence-electron chi connectivity index (χ1n) is 8.77. The molecule has 0 heterocycles. The lowest BCUT2D eigenvalue weighted by molar-refractivity contribution is -0.386. The molecule has 1 amide bonds. The Labute approximate surface area is 171 Å². The van der Waals surface area contributed by atoms with Crippen LogP contribution in [0.25, 0.3) is 0 Å². The van der Waals surface area contributed by atoms with E-state index >= 15 is 0 Å². The van der Waals surface area contributed by atoms with Crippen molar-refractivity contribution in [2.24, 2.45) is 0 Å². The van der Waals surface area contributed by atoms with Crippen molar-refractivity contribution >= 4 is 24.0 Å². The van der Waals surface area contributed by atoms with Crippen LogP contribution >= 0.6 is 12.4 Å². The van der Waals surface area contributed by atoms with Crippen LogP contribution < -0.4 is 10.1 Å². The molecule has 0 aliphatic heterocycles. The molecule has 0 aromatic heterocycles. The summed E-state index contributed by atoms with van der Waals surface area (Å²) >= 11 is 0. The number of nitrogens with one attached hydrogen (secondary N) is 1. The lowest BCUT2D eigenvalue weighted by atomic mass is 10.1. The molecule has 152 valence electrons. The fraction of sp³-hybridized carbons (Fsp3) is 0.350. The molecule has 0 saturated heterocycles. The molecule has 0 spiro atoms. The molecule has 0 radical (unpaired) electrons. The number of carbonyl (C=O) groups is 1. The molecule has 0 saturated carbocycles. The normalized spacial score (nSPS) is 10.3. The maximum absolute atomic E-state index is 12.5. The number of amides is 1. The molecule has 0 aliphatic carbocycles. The highest BCUT2D eigenvalue weighted by atomic mass is 35.5. The number of carbonyl (C=O) groups excluding carboxylic acids is 1. The van der Waals surface area contributed by atoms with Crippen molar-refractivity contribution in [1.29, 1.82) is 0 Å². The number of rotatable bonds is 9. The minimum absolute atomic E-state index is 0. The summed E-state index contributed by atoms with van der Waals surface area (Å²) in [4.78, 5) is 25.6. The van der Waals surface area contributed by atoms with Crippen LogP contribution in [0.15, 0.2) is 42.5 Å². The van der Waals surface area contributed by atoms with Crippen molar-refractivity contribution in [2.45, 2.75) is 20.0 Å². The summed E-state index contributed by atoms with van der Waals surface area (Å²) in [7, 11) is 3.89. The summed E-state index contributed by atoms with van der Waals surface area (Å²) in [5.74, 6) is -0.338. The van der Waals surface area contributed by atoms with Crippen LogP contribution in [0.5, 0.6) is 5.75 Å². The molecule has 2 rings (SSSR count). The Morgan fingerprint density at radius 3 is 2.46 bits per heavy atom. The van der Waals surface area contributed by atoms with Gasteiger partial charge in [-0.15, -0.1) is 12.4 Å². The molecule has 28 heavy (non-hydrogen) atoms. The van der Waals surface area contributed by atoms with E-state index in [4.69, 9.17) is 4.74 Å². The number of ether oxygens (including phenoxy) is 1. The molecule has 7 nitrogen and oxygen atoms in total. The molecule has 0 fully saturated rings. The first kappa shape index (κ1) is 23.4. The Balaban J connectivity index is 0.00000392. The molecule has 0 bridgehead atoms.